The fraction of sp³-hybridized carbons (Fsp3) is 0.350. The Hall–Kier alpha value is -3.41. The zero-order chi connectivity index (χ0) is 23.3. The number of amidine groups is 1. The van der Waals surface area contributed by atoms with E-state index in [1.807, 2.05) is 0 Å². The molecule has 3 aromatic rings. The molecule has 12 heteroatoms. The molecule has 0 fully saturated rings. The van der Waals surface area contributed by atoms with Crippen LogP contribution < -0.4 is 15.8 Å². The van der Waals surface area contributed by atoms with Crippen LogP contribution in [0.2, 0.25) is 0 Å². The third-order valence-electron chi connectivity index (χ3n) is 5.60. The van der Waals surface area contributed by atoms with Gasteiger partial charge in [0.1, 0.15) is 45.4 Å². The van der Waals surface area contributed by atoms with Gasteiger partial charge in [-0.3, -0.25) is 4.99 Å². The van der Waals surface area contributed by atoms with E-state index >= 15 is 0 Å². The van der Waals surface area contributed by atoms with Gasteiger partial charge in [0.15, 0.2) is 15.7 Å². The van der Waals surface area contributed by atoms with Crippen molar-refractivity contribution in [3.63, 3.8) is 0 Å². The summed E-state index contributed by atoms with van der Waals surface area (Å²) in [5.41, 5.74) is 5.60. The van der Waals surface area contributed by atoms with Crippen LogP contribution >= 0.6 is 0 Å². The van der Waals surface area contributed by atoms with Crippen LogP contribution in [-0.2, 0) is 15.4 Å². The van der Waals surface area contributed by atoms with Gasteiger partial charge in [0.05, 0.1) is 30.8 Å². The van der Waals surface area contributed by atoms with Crippen molar-refractivity contribution in [1.82, 2.24) is 19.9 Å². The minimum absolute atomic E-state index is 0.0463. The van der Waals surface area contributed by atoms with Gasteiger partial charge in [-0.05, 0) is 26.8 Å². The first-order valence-corrected chi connectivity index (χ1v) is 11.3. The molecule has 0 radical (unpaired) electrons. The molecule has 0 aromatic carbocycles. The molecule has 4 heterocycles. The van der Waals surface area contributed by atoms with E-state index in [0.29, 0.717) is 22.6 Å². The number of halogens is 1. The lowest BCUT2D eigenvalue weighted by Crippen LogP contribution is -2.55. The number of ether oxygens (including phenoxy) is 1. The number of anilines is 2. The molecule has 32 heavy (non-hydrogen) atoms. The molecule has 168 valence electrons. The Morgan fingerprint density at radius 1 is 1.12 bits per heavy atom. The van der Waals surface area contributed by atoms with Gasteiger partial charge in [-0.2, -0.15) is 0 Å². The lowest BCUT2D eigenvalue weighted by atomic mass is 9.94. The zero-order valence-corrected chi connectivity index (χ0v) is 18.7. The summed E-state index contributed by atoms with van der Waals surface area (Å²) < 4.78 is 44.3. The Labute approximate surface area is 184 Å². The van der Waals surface area contributed by atoms with E-state index in [1.54, 1.807) is 6.07 Å². The van der Waals surface area contributed by atoms with E-state index in [-0.39, 0.29) is 17.2 Å². The van der Waals surface area contributed by atoms with E-state index in [0.717, 1.165) is 6.20 Å². The van der Waals surface area contributed by atoms with Crippen LogP contribution in [-0.4, -0.2) is 51.8 Å². The third kappa shape index (κ3) is 3.49. The molecule has 1 aliphatic heterocycles. The highest BCUT2D eigenvalue weighted by molar-refractivity contribution is 7.93. The summed E-state index contributed by atoms with van der Waals surface area (Å²) in [7, 11) is -2.17. The maximum absolute atomic E-state index is 14.8. The summed E-state index contributed by atoms with van der Waals surface area (Å²) in [6.07, 6.45) is 3.87. The molecule has 0 amide bonds. The molecule has 0 unspecified atom stereocenters. The number of fused-ring (bicyclic) bond motifs is 1. The van der Waals surface area contributed by atoms with E-state index in [2.05, 4.69) is 30.2 Å². The third-order valence-corrected chi connectivity index (χ3v) is 8.31. The number of nitrogens with zero attached hydrogens (tertiary/aromatic N) is 5. The highest BCUT2D eigenvalue weighted by Crippen LogP contribution is 2.38. The smallest absolute Gasteiger partial charge is 0.165 e. The zero-order valence-electron chi connectivity index (χ0n) is 17.9. The van der Waals surface area contributed by atoms with Gasteiger partial charge in [-0.25, -0.2) is 32.7 Å². The van der Waals surface area contributed by atoms with Gasteiger partial charge in [0, 0.05) is 11.6 Å². The van der Waals surface area contributed by atoms with Gasteiger partial charge in [-0.1, -0.05) is 0 Å². The molecule has 3 aromatic heterocycles. The number of rotatable bonds is 4. The Bertz CT molecular complexity index is 1360. The monoisotopic (exact) mass is 459 g/mol. The quantitative estimate of drug-likeness (QED) is 0.599. The van der Waals surface area contributed by atoms with Crippen molar-refractivity contribution in [3.05, 3.63) is 42.2 Å². The average Bonchev–Trinajstić information content (AvgIpc) is 2.73. The Kier molecular flexibility index (Phi) is 4.99. The maximum atomic E-state index is 14.8. The normalized spacial score (nSPS) is 21.7. The average molecular weight is 460 g/mol. The number of sulfone groups is 1. The predicted octanol–water partition coefficient (Wildman–Crippen LogP) is 2.09. The Balaban J connectivity index is 1.77. The number of aliphatic imine (C=N–C) groups is 1. The highest BCUT2D eigenvalue weighted by atomic mass is 32.2. The fourth-order valence-electron chi connectivity index (χ4n) is 3.45. The van der Waals surface area contributed by atoms with Crippen LogP contribution in [0.5, 0.6) is 5.75 Å². The first-order valence-electron chi connectivity index (χ1n) is 9.63. The molecule has 0 aliphatic carbocycles. The van der Waals surface area contributed by atoms with E-state index in [9.17, 15) is 12.8 Å². The van der Waals surface area contributed by atoms with E-state index < -0.39 is 31.7 Å². The number of hydrogen-bond acceptors (Lipinski definition) is 10. The summed E-state index contributed by atoms with van der Waals surface area (Å²) >= 11 is 0. The Morgan fingerprint density at radius 3 is 2.56 bits per heavy atom. The van der Waals surface area contributed by atoms with Crippen molar-refractivity contribution >= 4 is 38.3 Å². The van der Waals surface area contributed by atoms with Crippen LogP contribution in [0.4, 0.5) is 16.0 Å². The molecule has 0 saturated heterocycles. The lowest BCUT2D eigenvalue weighted by molar-refractivity contribution is 0.413. The van der Waals surface area contributed by atoms with E-state index in [4.69, 9.17) is 10.5 Å². The standard InChI is InChI=1S/C20H22FN7O3S/c1-19(2)18(22)28-20(3,9-32(19,29)30)12-6-15(23-8-13(12)21)27-17-16-14(25-10-26-17)5-11(31-4)7-24-16/h5-8,10H,9H2,1-4H3,(H2,22,28)(H,23,25,26,27)/t20-/m0/s1. The molecule has 0 saturated carbocycles. The summed E-state index contributed by atoms with van der Waals surface area (Å²) in [5, 5.41) is 3.00. The van der Waals surface area contributed by atoms with Gasteiger partial charge in [0.25, 0.3) is 0 Å². The summed E-state index contributed by atoms with van der Waals surface area (Å²) in [5.74, 6) is -0.0539. The van der Waals surface area contributed by atoms with Crippen molar-refractivity contribution in [1.29, 1.82) is 0 Å². The van der Waals surface area contributed by atoms with Crippen molar-refractivity contribution in [2.75, 3.05) is 18.2 Å². The van der Waals surface area contributed by atoms with Gasteiger partial charge < -0.3 is 15.8 Å². The summed E-state index contributed by atoms with van der Waals surface area (Å²) in [6, 6.07) is 3.10. The van der Waals surface area contributed by atoms with Gasteiger partial charge in [-0.15, -0.1) is 0 Å². The molecule has 0 spiro atoms. The Morgan fingerprint density at radius 2 is 1.88 bits per heavy atom. The van der Waals surface area contributed by atoms with Gasteiger partial charge in [0.2, 0.25) is 0 Å². The van der Waals surface area contributed by atoms with Crippen molar-refractivity contribution < 1.29 is 17.5 Å². The minimum atomic E-state index is -3.70. The summed E-state index contributed by atoms with van der Waals surface area (Å²) in [6.45, 7) is 4.50. The van der Waals surface area contributed by atoms with Gasteiger partial charge >= 0.3 is 0 Å². The number of hydrogen-bond donors (Lipinski definition) is 2. The van der Waals surface area contributed by atoms with Crippen molar-refractivity contribution in [3.8, 4) is 5.75 Å². The largest absolute Gasteiger partial charge is 0.495 e. The number of nitrogens with one attached hydrogen (secondary N) is 1. The first-order chi connectivity index (χ1) is 15.0. The predicted molar refractivity (Wildman–Crippen MR) is 118 cm³/mol. The molecule has 1 aliphatic rings. The van der Waals surface area contributed by atoms with Crippen LogP contribution in [0.3, 0.4) is 0 Å². The number of methoxy groups -OCH3 is 1. The maximum Gasteiger partial charge on any atom is 0.165 e. The second-order valence-corrected chi connectivity index (χ2v) is 10.7. The van der Waals surface area contributed by atoms with E-state index in [1.165, 1.54) is 46.5 Å². The van der Waals surface area contributed by atoms with Crippen LogP contribution in [0, 0.1) is 5.82 Å². The molecule has 1 atom stereocenters. The number of pyridine rings is 2. The fourth-order valence-corrected chi connectivity index (χ4v) is 5.14. The summed E-state index contributed by atoms with van der Waals surface area (Å²) in [4.78, 5) is 21.1. The van der Waals surface area contributed by atoms with Crippen LogP contribution in [0.25, 0.3) is 11.0 Å². The SMILES string of the molecule is COc1cnc2c(Nc3cc([C@]4(C)CS(=O)(=O)C(C)(C)C(N)=N4)c(F)cn3)ncnc2c1. The molecular formula is C20H22FN7O3S. The van der Waals surface area contributed by atoms with Crippen LogP contribution in [0.1, 0.15) is 26.3 Å². The lowest BCUT2D eigenvalue weighted by Gasteiger charge is -2.37. The minimum Gasteiger partial charge on any atom is -0.495 e. The second-order valence-electron chi connectivity index (χ2n) is 8.18. The topological polar surface area (TPSA) is 145 Å². The van der Waals surface area contributed by atoms with Crippen molar-refractivity contribution in [2.24, 2.45) is 10.7 Å². The number of aromatic nitrogens is 4. The molecule has 4 rings (SSSR count). The second kappa shape index (κ2) is 7.33. The molecule has 3 N–H and O–H groups in total. The number of nitrogens with two attached hydrogens (primary N) is 1. The molecule has 10 nitrogen and oxygen atoms in total. The van der Waals surface area contributed by atoms with Crippen LogP contribution in [0.15, 0.2) is 35.8 Å². The molecular weight excluding hydrogens is 437 g/mol. The van der Waals surface area contributed by atoms with Crippen molar-refractivity contribution in [2.45, 2.75) is 31.1 Å². The first kappa shape index (κ1) is 21.8. The molecule has 0 bridgehead atoms. The highest BCUT2D eigenvalue weighted by Gasteiger charge is 2.49.